The molecule has 0 radical (unpaired) electrons. The van der Waals surface area contributed by atoms with Crippen LogP contribution in [0.15, 0.2) is 78.9 Å². The van der Waals surface area contributed by atoms with Crippen molar-refractivity contribution in [1.29, 1.82) is 0 Å². The van der Waals surface area contributed by atoms with Gasteiger partial charge in [0.25, 0.3) is 0 Å². The summed E-state index contributed by atoms with van der Waals surface area (Å²) < 4.78 is 44.4. The van der Waals surface area contributed by atoms with E-state index in [4.69, 9.17) is 4.74 Å². The topological polar surface area (TPSA) is 95.9 Å². The summed E-state index contributed by atoms with van der Waals surface area (Å²) >= 11 is 0. The smallest absolute Gasteiger partial charge is 0.475 e. The second-order valence-corrected chi connectivity index (χ2v) is 8.67. The van der Waals surface area contributed by atoms with Crippen LogP contribution in [0.1, 0.15) is 33.5 Å². The fourth-order valence-corrected chi connectivity index (χ4v) is 3.93. The Hall–Kier alpha value is -3.63. The molecule has 1 amide bonds. The standard InChI is InChI=1S/C27H27BF3NO5/c1-37-23-12-10-20(11-13-23)24(33)17-21(14-18-6-3-2-4-7-18)26(34)32-25(28(35)36)16-19-8-5-9-22(15-19)27(29,30)31/h2-13,15,21,25,35-36H,14,16-17H2,1H3,(H,32,34)/t21?,25-/m0/s1. The summed E-state index contributed by atoms with van der Waals surface area (Å²) in [7, 11) is -0.532. The number of carbonyl (C=O) groups excluding carboxylic acids is 2. The molecule has 2 atom stereocenters. The highest BCUT2D eigenvalue weighted by molar-refractivity contribution is 6.43. The number of rotatable bonds is 11. The van der Waals surface area contributed by atoms with E-state index in [1.165, 1.54) is 19.2 Å². The maximum Gasteiger partial charge on any atom is 0.475 e. The Labute approximate surface area is 213 Å². The van der Waals surface area contributed by atoms with Gasteiger partial charge in [-0.05, 0) is 54.3 Å². The molecule has 3 aromatic rings. The molecule has 0 aliphatic heterocycles. The Morgan fingerprint density at radius 2 is 1.57 bits per heavy atom. The molecule has 0 aliphatic rings. The van der Waals surface area contributed by atoms with Crippen molar-refractivity contribution in [3.05, 3.63) is 101 Å². The lowest BCUT2D eigenvalue weighted by atomic mass is 9.75. The van der Waals surface area contributed by atoms with Crippen LogP contribution in [-0.2, 0) is 23.8 Å². The molecular formula is C27H27BF3NO5. The average Bonchev–Trinajstić information content (AvgIpc) is 2.88. The van der Waals surface area contributed by atoms with Gasteiger partial charge in [-0.2, -0.15) is 13.2 Å². The molecule has 3 N–H and O–H groups in total. The fraction of sp³-hybridized carbons (Fsp3) is 0.259. The quantitative estimate of drug-likeness (QED) is 0.267. The molecular weight excluding hydrogens is 486 g/mol. The summed E-state index contributed by atoms with van der Waals surface area (Å²) in [6.45, 7) is 0. The molecule has 10 heteroatoms. The van der Waals surface area contributed by atoms with Crippen molar-refractivity contribution in [1.82, 2.24) is 5.32 Å². The molecule has 1 unspecified atom stereocenters. The van der Waals surface area contributed by atoms with Gasteiger partial charge in [-0.1, -0.05) is 48.5 Å². The zero-order valence-corrected chi connectivity index (χ0v) is 20.1. The van der Waals surface area contributed by atoms with Gasteiger partial charge in [-0.15, -0.1) is 0 Å². The van der Waals surface area contributed by atoms with Crippen LogP contribution in [-0.4, -0.2) is 41.9 Å². The third-order valence-corrected chi connectivity index (χ3v) is 5.94. The zero-order chi connectivity index (χ0) is 27.0. The number of ether oxygens (including phenoxy) is 1. The predicted octanol–water partition coefficient (Wildman–Crippen LogP) is 3.89. The van der Waals surface area contributed by atoms with E-state index in [1.807, 2.05) is 6.07 Å². The van der Waals surface area contributed by atoms with Gasteiger partial charge in [0, 0.05) is 17.9 Å². The fourth-order valence-electron chi connectivity index (χ4n) is 3.93. The van der Waals surface area contributed by atoms with Gasteiger partial charge < -0.3 is 20.1 Å². The Bertz CT molecular complexity index is 1190. The van der Waals surface area contributed by atoms with E-state index in [2.05, 4.69) is 5.32 Å². The maximum atomic E-state index is 13.3. The maximum absolute atomic E-state index is 13.3. The van der Waals surface area contributed by atoms with Crippen molar-refractivity contribution < 1.29 is 37.5 Å². The van der Waals surface area contributed by atoms with Gasteiger partial charge in [0.2, 0.25) is 5.91 Å². The van der Waals surface area contributed by atoms with E-state index < -0.39 is 36.6 Å². The number of carbonyl (C=O) groups is 2. The van der Waals surface area contributed by atoms with Gasteiger partial charge in [-0.25, -0.2) is 0 Å². The van der Waals surface area contributed by atoms with Crippen molar-refractivity contribution >= 4 is 18.8 Å². The van der Waals surface area contributed by atoms with Crippen LogP contribution in [0.25, 0.3) is 0 Å². The first-order valence-corrected chi connectivity index (χ1v) is 11.6. The number of halogens is 3. The minimum Gasteiger partial charge on any atom is -0.497 e. The summed E-state index contributed by atoms with van der Waals surface area (Å²) in [6.07, 6.45) is -4.77. The molecule has 0 saturated carbocycles. The molecule has 194 valence electrons. The minimum atomic E-state index is -4.56. The number of methoxy groups -OCH3 is 1. The van der Waals surface area contributed by atoms with E-state index >= 15 is 0 Å². The number of Topliss-reactive ketones (excluding diaryl/α,β-unsaturated/α-hetero) is 1. The Balaban J connectivity index is 1.79. The normalized spacial score (nSPS) is 12.9. The third kappa shape index (κ3) is 8.19. The molecule has 0 spiro atoms. The van der Waals surface area contributed by atoms with Crippen molar-refractivity contribution in [3.8, 4) is 5.75 Å². The lowest BCUT2D eigenvalue weighted by Crippen LogP contribution is -2.50. The largest absolute Gasteiger partial charge is 0.497 e. The molecule has 37 heavy (non-hydrogen) atoms. The van der Waals surface area contributed by atoms with Crippen LogP contribution in [0, 0.1) is 5.92 Å². The monoisotopic (exact) mass is 513 g/mol. The molecule has 0 aliphatic carbocycles. The Morgan fingerprint density at radius 1 is 0.919 bits per heavy atom. The van der Waals surface area contributed by atoms with E-state index in [1.54, 1.807) is 48.5 Å². The van der Waals surface area contributed by atoms with Crippen LogP contribution in [0.2, 0.25) is 0 Å². The van der Waals surface area contributed by atoms with Crippen molar-refractivity contribution in [3.63, 3.8) is 0 Å². The summed E-state index contributed by atoms with van der Waals surface area (Å²) in [6, 6.07) is 19.9. The van der Waals surface area contributed by atoms with Crippen LogP contribution < -0.4 is 10.1 Å². The molecule has 0 saturated heterocycles. The average molecular weight is 513 g/mol. The number of benzene rings is 3. The summed E-state index contributed by atoms with van der Waals surface area (Å²) in [5, 5.41) is 22.3. The van der Waals surface area contributed by atoms with Crippen molar-refractivity contribution in [2.45, 2.75) is 31.4 Å². The first kappa shape index (κ1) is 28.0. The Kier molecular flexibility index (Phi) is 9.49. The number of hydrogen-bond donors (Lipinski definition) is 3. The highest BCUT2D eigenvalue weighted by Gasteiger charge is 2.33. The van der Waals surface area contributed by atoms with E-state index in [0.29, 0.717) is 11.3 Å². The first-order valence-electron chi connectivity index (χ1n) is 11.6. The van der Waals surface area contributed by atoms with Crippen LogP contribution in [0.5, 0.6) is 5.75 Å². The molecule has 6 nitrogen and oxygen atoms in total. The lowest BCUT2D eigenvalue weighted by Gasteiger charge is -2.23. The third-order valence-electron chi connectivity index (χ3n) is 5.94. The van der Waals surface area contributed by atoms with Gasteiger partial charge in [0.15, 0.2) is 5.78 Å². The summed E-state index contributed by atoms with van der Waals surface area (Å²) in [4.78, 5) is 26.2. The first-order chi connectivity index (χ1) is 17.6. The number of hydrogen-bond acceptors (Lipinski definition) is 5. The highest BCUT2D eigenvalue weighted by Crippen LogP contribution is 2.30. The molecule has 3 aromatic carbocycles. The molecule has 0 heterocycles. The Morgan fingerprint density at radius 3 is 2.16 bits per heavy atom. The second-order valence-electron chi connectivity index (χ2n) is 8.67. The van der Waals surface area contributed by atoms with E-state index in [9.17, 15) is 32.8 Å². The second kappa shape index (κ2) is 12.6. The SMILES string of the molecule is COc1ccc(C(=O)CC(Cc2ccccc2)C(=O)N[C@@H](Cc2cccc(C(F)(F)F)c2)B(O)O)cc1. The highest BCUT2D eigenvalue weighted by atomic mass is 19.4. The van der Waals surface area contributed by atoms with Gasteiger partial charge >= 0.3 is 13.3 Å². The van der Waals surface area contributed by atoms with Crippen LogP contribution >= 0.6 is 0 Å². The number of nitrogens with one attached hydrogen (secondary N) is 1. The van der Waals surface area contributed by atoms with Gasteiger partial charge in [0.1, 0.15) is 5.75 Å². The molecule has 3 rings (SSSR count). The number of ketones is 1. The van der Waals surface area contributed by atoms with Gasteiger partial charge in [0.05, 0.1) is 18.6 Å². The lowest BCUT2D eigenvalue weighted by molar-refractivity contribution is -0.137. The van der Waals surface area contributed by atoms with Crippen LogP contribution in [0.3, 0.4) is 0 Å². The minimum absolute atomic E-state index is 0.162. The zero-order valence-electron chi connectivity index (χ0n) is 20.1. The summed E-state index contributed by atoms with van der Waals surface area (Å²) in [5.41, 5.74) is 0.468. The number of amides is 1. The number of alkyl halides is 3. The molecule has 0 fully saturated rings. The van der Waals surface area contributed by atoms with Gasteiger partial charge in [-0.3, -0.25) is 9.59 Å². The summed E-state index contributed by atoms with van der Waals surface area (Å²) in [5.74, 6) is -2.48. The molecule has 0 aromatic heterocycles. The van der Waals surface area contributed by atoms with Crippen LogP contribution in [0.4, 0.5) is 13.2 Å². The van der Waals surface area contributed by atoms with Crippen molar-refractivity contribution in [2.75, 3.05) is 7.11 Å². The predicted molar refractivity (Wildman–Crippen MR) is 133 cm³/mol. The molecule has 0 bridgehead atoms. The van der Waals surface area contributed by atoms with E-state index in [0.717, 1.165) is 17.7 Å². The van der Waals surface area contributed by atoms with Crippen molar-refractivity contribution in [2.24, 2.45) is 5.92 Å². The van der Waals surface area contributed by atoms with E-state index in [-0.39, 0.29) is 30.6 Å².